The second-order valence-electron chi connectivity index (χ2n) is 18.3. The van der Waals surface area contributed by atoms with Crippen molar-refractivity contribution in [2.45, 2.75) is 112 Å². The van der Waals surface area contributed by atoms with Crippen LogP contribution < -0.4 is 15.4 Å². The Hall–Kier alpha value is -4.03. The third-order valence-electron chi connectivity index (χ3n) is 15.7. The summed E-state index contributed by atoms with van der Waals surface area (Å²) in [6.07, 6.45) is 8.52. The molecular weight excluding hydrogens is 793 g/mol. The fourth-order valence-electron chi connectivity index (χ4n) is 13.5. The van der Waals surface area contributed by atoms with Gasteiger partial charge in [-0.2, -0.15) is 8.42 Å². The van der Waals surface area contributed by atoms with Crippen LogP contribution in [0.25, 0.3) is 10.9 Å². The number of aliphatic hydroxyl groups excluding tert-OH is 1. The van der Waals surface area contributed by atoms with Gasteiger partial charge in [0.2, 0.25) is 0 Å². The predicted octanol–water partition coefficient (Wildman–Crippen LogP) is 3.56. The van der Waals surface area contributed by atoms with Crippen LogP contribution in [0.3, 0.4) is 0 Å². The Morgan fingerprint density at radius 1 is 1.00 bits per heavy atom. The molecule has 4 heterocycles. The number of ether oxygens (including phenoxy) is 2. The molecule has 9 rings (SSSR count). The molecule has 3 aliphatic heterocycles. The molecule has 1 saturated heterocycles. The Kier molecular flexibility index (Phi) is 10.3. The van der Waals surface area contributed by atoms with Gasteiger partial charge in [0.25, 0.3) is 5.91 Å². The largest absolute Gasteiger partial charge is 0.496 e. The zero-order valence-corrected chi connectivity index (χ0v) is 35.7. The number of hydrogen-bond donors (Lipinski definition) is 7. The van der Waals surface area contributed by atoms with Gasteiger partial charge in [-0.3, -0.25) is 23.6 Å². The maximum absolute atomic E-state index is 15.2. The second kappa shape index (κ2) is 14.5. The van der Waals surface area contributed by atoms with Gasteiger partial charge < -0.3 is 40.4 Å². The van der Waals surface area contributed by atoms with Crippen LogP contribution in [0.15, 0.2) is 48.6 Å². The molecule has 2 unspecified atom stereocenters. The summed E-state index contributed by atoms with van der Waals surface area (Å²) in [6, 6.07) is 11.1. The number of methoxy groups -OCH3 is 2. The molecular formula is C44H58N4O11S. The molecule has 1 spiro atoms. The molecule has 2 bridgehead atoms. The molecule has 2 saturated carbocycles. The van der Waals surface area contributed by atoms with E-state index in [4.69, 9.17) is 32.7 Å². The molecule has 3 fully saturated rings. The quantitative estimate of drug-likeness (QED) is 0.107. The van der Waals surface area contributed by atoms with E-state index < -0.39 is 61.9 Å². The maximum Gasteiger partial charge on any atom is 0.394 e. The van der Waals surface area contributed by atoms with Crippen molar-refractivity contribution >= 4 is 38.9 Å². The molecule has 16 heteroatoms. The molecule has 3 aliphatic carbocycles. The number of carbonyl (C=O) groups excluding carboxylic acids is 2. The van der Waals surface area contributed by atoms with Crippen LogP contribution in [0.1, 0.15) is 87.6 Å². The summed E-state index contributed by atoms with van der Waals surface area (Å²) in [5.41, 5.74) is 4.97. The highest BCUT2D eigenvalue weighted by atomic mass is 32.3. The summed E-state index contributed by atoms with van der Waals surface area (Å²) in [5, 5.41) is 38.0. The van der Waals surface area contributed by atoms with Crippen LogP contribution in [-0.2, 0) is 42.0 Å². The van der Waals surface area contributed by atoms with Gasteiger partial charge in [-0.15, -0.1) is 0 Å². The van der Waals surface area contributed by atoms with E-state index in [2.05, 4.69) is 35.0 Å². The normalized spacial score (nSPS) is 36.7. The number of para-hydroxylation sites is 1. The number of aliphatic hydroxyl groups is 3. The van der Waals surface area contributed by atoms with Crippen molar-refractivity contribution in [3.63, 3.8) is 0 Å². The number of aromatic amines is 1. The number of amides is 1. The maximum atomic E-state index is 15.2. The van der Waals surface area contributed by atoms with Crippen LogP contribution in [0.2, 0.25) is 0 Å². The van der Waals surface area contributed by atoms with E-state index in [1.807, 2.05) is 49.2 Å². The molecule has 3 aromatic rings. The Labute approximate surface area is 350 Å². The fourth-order valence-corrected chi connectivity index (χ4v) is 13.5. The van der Waals surface area contributed by atoms with E-state index >= 15 is 4.79 Å². The van der Waals surface area contributed by atoms with Crippen molar-refractivity contribution in [2.24, 2.45) is 23.0 Å². The summed E-state index contributed by atoms with van der Waals surface area (Å²) in [6.45, 7) is 5.42. The van der Waals surface area contributed by atoms with Crippen molar-refractivity contribution in [1.29, 1.82) is 0 Å². The molecule has 1 amide bonds. The van der Waals surface area contributed by atoms with Gasteiger partial charge in [-0.05, 0) is 99.4 Å². The predicted molar refractivity (Wildman–Crippen MR) is 223 cm³/mol. The third kappa shape index (κ3) is 5.92. The SMILES string of the molecule is CC[C@@]1(O)CC2CCc3c([nH]c4ccccc34)[C@@](C(=O)OC)(c3cc4c(cc3OC)N(C)[C@@H]3[C@]45CCN4CC=C[C@@](CC)(C(O)[C@]3(O)C(N)=O)[C@H]45)C[C@H](C2)C1.O=S(=O)(O)O. The van der Waals surface area contributed by atoms with E-state index in [1.54, 1.807) is 7.11 Å². The number of aromatic nitrogens is 1. The van der Waals surface area contributed by atoms with Crippen LogP contribution in [0.4, 0.5) is 5.69 Å². The lowest BCUT2D eigenvalue weighted by Gasteiger charge is -2.63. The average molecular weight is 851 g/mol. The number of nitrogens with zero attached hydrogens (tertiary/aromatic N) is 2. The number of aryl methyl sites for hydroxylation is 1. The fraction of sp³-hybridized carbons (Fsp3) is 0.591. The van der Waals surface area contributed by atoms with E-state index in [-0.39, 0.29) is 12.0 Å². The molecule has 2 aromatic carbocycles. The number of nitrogens with two attached hydrogens (primary N) is 1. The summed E-state index contributed by atoms with van der Waals surface area (Å²) in [5.74, 6) is -0.599. The average Bonchev–Trinajstić information content (AvgIpc) is 3.87. The van der Waals surface area contributed by atoms with Gasteiger partial charge in [-0.1, -0.05) is 44.2 Å². The van der Waals surface area contributed by atoms with Crippen molar-refractivity contribution in [3.8, 4) is 5.75 Å². The van der Waals surface area contributed by atoms with Gasteiger partial charge in [0.1, 0.15) is 17.3 Å². The summed E-state index contributed by atoms with van der Waals surface area (Å²) in [7, 11) is 0.249. The molecule has 326 valence electrons. The number of hydrogen-bond acceptors (Lipinski definition) is 11. The molecule has 10 atom stereocenters. The highest BCUT2D eigenvalue weighted by Gasteiger charge is 2.78. The van der Waals surface area contributed by atoms with Crippen molar-refractivity contribution < 1.29 is 51.9 Å². The summed E-state index contributed by atoms with van der Waals surface area (Å²) in [4.78, 5) is 37.0. The first kappa shape index (κ1) is 42.7. The van der Waals surface area contributed by atoms with Crippen LogP contribution >= 0.6 is 0 Å². The van der Waals surface area contributed by atoms with Crippen LogP contribution in [0.5, 0.6) is 5.75 Å². The molecule has 6 aliphatic rings. The lowest BCUT2D eigenvalue weighted by atomic mass is 9.47. The number of carbonyl (C=O) groups is 2. The lowest BCUT2D eigenvalue weighted by Crippen LogP contribution is -2.81. The molecule has 60 heavy (non-hydrogen) atoms. The second-order valence-corrected chi connectivity index (χ2v) is 19.2. The zero-order chi connectivity index (χ0) is 43.4. The van der Waals surface area contributed by atoms with Crippen LogP contribution in [0, 0.1) is 17.3 Å². The molecule has 15 nitrogen and oxygen atoms in total. The number of rotatable bonds is 6. The standard InChI is InChI=1S/C44H56N4O7.H2O4S/c1-6-40(52)22-25-13-14-28-27-11-8-9-12-31(27)46-34(28)43(39(51)55-5,24-26(19-25)23-40)30-20-29-32(21-33(30)54-4)47(3)36-42(29)16-18-48-17-10-15-41(7-2,35(42)48)37(49)44(36,53)38(45)50;1-5(2,3)4/h8-12,15,20-21,25-26,35-37,46,49,52-53H,6-7,13-14,16-19,22-24H2,1-5H3,(H2,45,50);(H2,1,2,3,4)/t25?,26-,35+,36-,37?,40-,41-,42-,43+,44+;/m1./s1. The minimum atomic E-state index is -4.67. The minimum Gasteiger partial charge on any atom is -0.496 e. The first-order chi connectivity index (χ1) is 28.3. The van der Waals surface area contributed by atoms with Crippen molar-refractivity contribution in [2.75, 3.05) is 39.3 Å². The van der Waals surface area contributed by atoms with E-state index in [0.29, 0.717) is 62.4 Å². The van der Waals surface area contributed by atoms with E-state index in [0.717, 1.165) is 59.1 Å². The number of fused-ring (bicyclic) bond motifs is 6. The number of nitrogens with one attached hydrogen (secondary N) is 1. The first-order valence-electron chi connectivity index (χ1n) is 21.0. The van der Waals surface area contributed by atoms with Crippen molar-refractivity contribution in [1.82, 2.24) is 9.88 Å². The monoisotopic (exact) mass is 850 g/mol. The summed E-state index contributed by atoms with van der Waals surface area (Å²) >= 11 is 0. The van der Waals surface area contributed by atoms with Gasteiger partial charge in [0.15, 0.2) is 5.60 Å². The highest BCUT2D eigenvalue weighted by molar-refractivity contribution is 7.79. The smallest absolute Gasteiger partial charge is 0.394 e. The zero-order valence-electron chi connectivity index (χ0n) is 34.8. The van der Waals surface area contributed by atoms with E-state index in [1.165, 1.54) is 7.11 Å². The Bertz CT molecular complexity index is 2360. The lowest BCUT2D eigenvalue weighted by molar-refractivity contribution is -0.201. The minimum absolute atomic E-state index is 0.00492. The molecule has 1 aromatic heterocycles. The number of H-pyrrole nitrogens is 1. The number of likely N-dealkylation sites (N-methyl/N-ethyl adjacent to an activating group) is 1. The number of benzene rings is 2. The van der Waals surface area contributed by atoms with E-state index in [9.17, 15) is 20.1 Å². The number of primary amides is 1. The Morgan fingerprint density at radius 2 is 1.70 bits per heavy atom. The van der Waals surface area contributed by atoms with Gasteiger partial charge in [0, 0.05) is 64.4 Å². The number of anilines is 1. The van der Waals surface area contributed by atoms with Gasteiger partial charge in [0.05, 0.1) is 25.9 Å². The van der Waals surface area contributed by atoms with Gasteiger partial charge >= 0.3 is 16.4 Å². The molecule has 0 radical (unpaired) electrons. The Balaban J connectivity index is 0.000000943. The first-order valence-corrected chi connectivity index (χ1v) is 22.4. The third-order valence-corrected chi connectivity index (χ3v) is 15.7. The molecule has 8 N–H and O–H groups in total. The van der Waals surface area contributed by atoms with Crippen molar-refractivity contribution in [3.05, 3.63) is 70.9 Å². The highest BCUT2D eigenvalue weighted by Crippen LogP contribution is 2.67. The Morgan fingerprint density at radius 3 is 2.35 bits per heavy atom. The van der Waals surface area contributed by atoms with Gasteiger partial charge in [-0.25, -0.2) is 0 Å². The summed E-state index contributed by atoms with van der Waals surface area (Å²) < 4.78 is 43.8. The topological polar surface area (TPSA) is 236 Å². The van der Waals surface area contributed by atoms with Crippen LogP contribution in [-0.4, -0.2) is 118 Å². The number of esters is 1.